The third-order valence-corrected chi connectivity index (χ3v) is 5.62. The molecule has 0 unspecified atom stereocenters. The summed E-state index contributed by atoms with van der Waals surface area (Å²) in [4.78, 5) is 42.0. The molecule has 158 valence electrons. The number of hydrogen-bond donors (Lipinski definition) is 3. The van der Waals surface area contributed by atoms with Crippen molar-refractivity contribution in [3.8, 4) is 0 Å². The molecule has 0 saturated carbocycles. The summed E-state index contributed by atoms with van der Waals surface area (Å²) in [5.74, 6) is -0.680. The van der Waals surface area contributed by atoms with Crippen molar-refractivity contribution in [2.75, 3.05) is 12.3 Å². The molecule has 0 bridgehead atoms. The molecule has 0 aliphatic rings. The van der Waals surface area contributed by atoms with Crippen LogP contribution in [0.3, 0.4) is 0 Å². The zero-order chi connectivity index (χ0) is 21.6. The number of carbonyl (C=O) groups excluding carboxylic acids is 2. The van der Waals surface area contributed by atoms with Crippen molar-refractivity contribution in [1.29, 1.82) is 0 Å². The summed E-state index contributed by atoms with van der Waals surface area (Å²) in [7, 11) is 0. The van der Waals surface area contributed by atoms with Gasteiger partial charge in [0.2, 0.25) is 11.8 Å². The predicted molar refractivity (Wildman–Crippen MR) is 115 cm³/mol. The van der Waals surface area contributed by atoms with Crippen molar-refractivity contribution in [2.24, 2.45) is 0 Å². The summed E-state index contributed by atoms with van der Waals surface area (Å²) in [6.45, 7) is 11.3. The maximum absolute atomic E-state index is 13.1. The van der Waals surface area contributed by atoms with E-state index >= 15 is 0 Å². The van der Waals surface area contributed by atoms with Crippen molar-refractivity contribution in [3.05, 3.63) is 34.6 Å². The van der Waals surface area contributed by atoms with E-state index in [0.29, 0.717) is 34.7 Å². The lowest BCUT2D eigenvalue weighted by Gasteiger charge is -2.28. The molecular formula is C20H30N5O3S+. The Morgan fingerprint density at radius 1 is 1.14 bits per heavy atom. The molecule has 0 saturated heterocycles. The van der Waals surface area contributed by atoms with Gasteiger partial charge in [0.15, 0.2) is 5.16 Å². The number of quaternary nitrogens is 1. The van der Waals surface area contributed by atoms with Crippen molar-refractivity contribution in [3.63, 3.8) is 0 Å². The molecule has 0 aliphatic carbocycles. The van der Waals surface area contributed by atoms with Crippen LogP contribution in [0.15, 0.2) is 34.2 Å². The monoisotopic (exact) mass is 420 g/mol. The normalized spacial score (nSPS) is 11.4. The second-order valence-electron chi connectivity index (χ2n) is 7.52. The van der Waals surface area contributed by atoms with Gasteiger partial charge in [0, 0.05) is 6.92 Å². The largest absolute Gasteiger partial charge is 0.330 e. The summed E-state index contributed by atoms with van der Waals surface area (Å²) in [5.41, 5.74) is 5.09. The first-order valence-corrected chi connectivity index (χ1v) is 10.7. The van der Waals surface area contributed by atoms with Gasteiger partial charge in [-0.1, -0.05) is 23.9 Å². The molecule has 9 heteroatoms. The Hall–Kier alpha value is -2.39. The van der Waals surface area contributed by atoms with E-state index in [1.807, 2.05) is 12.1 Å². The first kappa shape index (κ1) is 22.9. The Morgan fingerprint density at radius 3 is 2.41 bits per heavy atom. The average Bonchev–Trinajstić information content (AvgIpc) is 2.66. The molecule has 2 aromatic rings. The first-order valence-electron chi connectivity index (χ1n) is 9.74. The number of rotatable bonds is 8. The van der Waals surface area contributed by atoms with Crippen LogP contribution in [0.2, 0.25) is 0 Å². The van der Waals surface area contributed by atoms with Crippen LogP contribution >= 0.6 is 11.8 Å². The lowest BCUT2D eigenvalue weighted by atomic mass is 10.2. The van der Waals surface area contributed by atoms with E-state index in [1.54, 1.807) is 16.7 Å². The van der Waals surface area contributed by atoms with Crippen molar-refractivity contribution in [1.82, 2.24) is 20.4 Å². The summed E-state index contributed by atoms with van der Waals surface area (Å²) < 4.78 is 1.66. The lowest BCUT2D eigenvalue weighted by Crippen LogP contribution is -3.18. The minimum atomic E-state index is -0.365. The Balaban J connectivity index is 2.29. The van der Waals surface area contributed by atoms with Gasteiger partial charge in [0.05, 0.1) is 41.8 Å². The quantitative estimate of drug-likeness (QED) is 0.325. The van der Waals surface area contributed by atoms with Gasteiger partial charge in [-0.3, -0.25) is 29.8 Å². The number of carbonyl (C=O) groups is 2. The minimum absolute atomic E-state index is 0.0377. The van der Waals surface area contributed by atoms with Gasteiger partial charge in [-0.05, 0) is 39.8 Å². The summed E-state index contributed by atoms with van der Waals surface area (Å²) >= 11 is 1.18. The Bertz CT molecular complexity index is 918. The minimum Gasteiger partial charge on any atom is -0.330 e. The van der Waals surface area contributed by atoms with E-state index in [9.17, 15) is 14.4 Å². The maximum atomic E-state index is 13.1. The second kappa shape index (κ2) is 10.4. The van der Waals surface area contributed by atoms with Crippen LogP contribution in [0.1, 0.15) is 34.6 Å². The van der Waals surface area contributed by atoms with E-state index in [-0.39, 0.29) is 23.1 Å². The molecule has 1 heterocycles. The lowest BCUT2D eigenvalue weighted by molar-refractivity contribution is -0.942. The predicted octanol–water partition coefficient (Wildman–Crippen LogP) is 0.358. The summed E-state index contributed by atoms with van der Waals surface area (Å²) in [6.07, 6.45) is 0. The van der Waals surface area contributed by atoms with Crippen LogP contribution in [0.5, 0.6) is 0 Å². The van der Waals surface area contributed by atoms with Gasteiger partial charge < -0.3 is 4.90 Å². The van der Waals surface area contributed by atoms with E-state index in [0.717, 1.165) is 6.54 Å². The topological polar surface area (TPSA) is 97.5 Å². The second-order valence-corrected chi connectivity index (χ2v) is 8.46. The van der Waals surface area contributed by atoms with Crippen molar-refractivity contribution in [2.45, 2.75) is 58.4 Å². The van der Waals surface area contributed by atoms with E-state index < -0.39 is 0 Å². The third-order valence-electron chi connectivity index (χ3n) is 4.64. The Kier molecular flexibility index (Phi) is 8.21. The van der Waals surface area contributed by atoms with Gasteiger partial charge in [-0.2, -0.15) is 0 Å². The number of thioether (sulfide) groups is 1. The number of amides is 2. The fourth-order valence-electron chi connectivity index (χ4n) is 3.26. The molecule has 0 radical (unpaired) electrons. The third kappa shape index (κ3) is 6.30. The fraction of sp³-hybridized carbons (Fsp3) is 0.500. The Morgan fingerprint density at radius 2 is 1.79 bits per heavy atom. The molecular weight excluding hydrogens is 390 g/mol. The number of fused-ring (bicyclic) bond motifs is 1. The van der Waals surface area contributed by atoms with E-state index in [2.05, 4.69) is 43.5 Å². The van der Waals surface area contributed by atoms with Gasteiger partial charge in [-0.15, -0.1) is 0 Å². The number of benzene rings is 1. The molecule has 8 nitrogen and oxygen atoms in total. The van der Waals surface area contributed by atoms with Crippen molar-refractivity contribution >= 4 is 34.5 Å². The number of nitrogens with zero attached hydrogens (tertiary/aromatic N) is 2. The highest BCUT2D eigenvalue weighted by Crippen LogP contribution is 2.17. The number of para-hydroxylation sites is 1. The fourth-order valence-corrected chi connectivity index (χ4v) is 4.09. The number of hydrazine groups is 1. The number of aromatic nitrogens is 2. The molecule has 0 spiro atoms. The van der Waals surface area contributed by atoms with Crippen LogP contribution in [-0.2, 0) is 16.1 Å². The van der Waals surface area contributed by atoms with E-state index in [1.165, 1.54) is 23.6 Å². The average molecular weight is 421 g/mol. The molecule has 2 amide bonds. The molecule has 0 fully saturated rings. The van der Waals surface area contributed by atoms with Crippen LogP contribution in [0.4, 0.5) is 0 Å². The standard InChI is InChI=1S/C20H29N5O3S/c1-13(2)24(14(3)4)10-11-25-19(28)16-8-6-7-9-17(16)21-20(25)29-12-18(27)23-22-15(5)26/h6-9,13-14H,10-12H2,1-5H3,(H,22,26)(H,23,27)/p+1. The zero-order valence-electron chi connectivity index (χ0n) is 17.6. The zero-order valence-corrected chi connectivity index (χ0v) is 18.4. The van der Waals surface area contributed by atoms with Gasteiger partial charge in [0.25, 0.3) is 5.56 Å². The number of hydrogen-bond acceptors (Lipinski definition) is 5. The highest BCUT2D eigenvalue weighted by atomic mass is 32.2. The highest BCUT2D eigenvalue weighted by Gasteiger charge is 2.19. The van der Waals surface area contributed by atoms with E-state index in [4.69, 9.17) is 0 Å². The van der Waals surface area contributed by atoms with Crippen LogP contribution in [0, 0.1) is 0 Å². The maximum Gasteiger partial charge on any atom is 0.262 e. The molecule has 1 aromatic carbocycles. The van der Waals surface area contributed by atoms with Gasteiger partial charge in [0.1, 0.15) is 0 Å². The molecule has 0 aliphatic heterocycles. The molecule has 29 heavy (non-hydrogen) atoms. The number of nitrogens with one attached hydrogen (secondary N) is 3. The van der Waals surface area contributed by atoms with Crippen LogP contribution in [-0.4, -0.2) is 45.7 Å². The molecule has 1 aromatic heterocycles. The summed E-state index contributed by atoms with van der Waals surface area (Å²) in [5, 5.41) is 1.06. The SMILES string of the molecule is CC(=O)NNC(=O)CSc1nc2ccccc2c(=O)n1CC[NH+](C(C)C)C(C)C. The van der Waals surface area contributed by atoms with Gasteiger partial charge in [-0.25, -0.2) is 4.98 Å². The molecule has 2 rings (SSSR count). The van der Waals surface area contributed by atoms with Crippen LogP contribution in [0.25, 0.3) is 10.9 Å². The van der Waals surface area contributed by atoms with Crippen molar-refractivity contribution < 1.29 is 14.5 Å². The Labute approximate surface area is 175 Å². The highest BCUT2D eigenvalue weighted by molar-refractivity contribution is 7.99. The molecule has 0 atom stereocenters. The molecule has 3 N–H and O–H groups in total. The van der Waals surface area contributed by atoms with Gasteiger partial charge >= 0.3 is 0 Å². The van der Waals surface area contributed by atoms with Crippen LogP contribution < -0.4 is 21.3 Å². The summed E-state index contributed by atoms with van der Waals surface area (Å²) in [6, 6.07) is 8.08. The smallest absolute Gasteiger partial charge is 0.262 e. The first-order chi connectivity index (χ1) is 13.7.